The number of benzene rings is 1. The lowest BCUT2D eigenvalue weighted by Crippen LogP contribution is -2.45. The molecule has 7 heteroatoms. The van der Waals surface area contributed by atoms with E-state index in [0.29, 0.717) is 5.75 Å². The number of nitrogens with one attached hydrogen (secondary N) is 1. The first-order valence-electron chi connectivity index (χ1n) is 6.00. The maximum atomic E-state index is 12.3. The molecule has 0 aliphatic rings. The molecular weight excluding hydrogens is 300 g/mol. The van der Waals surface area contributed by atoms with Crippen LogP contribution < -0.4 is 15.2 Å². The number of hydrogen-bond acceptors (Lipinski definition) is 4. The summed E-state index contributed by atoms with van der Waals surface area (Å²) in [4.78, 5) is 0.150. The predicted octanol–water partition coefficient (Wildman–Crippen LogP) is 1.75. The average Bonchev–Trinajstić information content (AvgIpc) is 2.25. The van der Waals surface area contributed by atoms with Gasteiger partial charge in [-0.1, -0.05) is 6.07 Å². The highest BCUT2D eigenvalue weighted by Crippen LogP contribution is 2.28. The Hall–Kier alpha value is -0.820. The quantitative estimate of drug-likeness (QED) is 0.865. The Morgan fingerprint density at radius 2 is 1.85 bits per heavy atom. The van der Waals surface area contributed by atoms with Gasteiger partial charge in [-0.2, -0.15) is 0 Å². The van der Waals surface area contributed by atoms with Crippen molar-refractivity contribution in [2.75, 3.05) is 13.7 Å². The molecule has 0 spiro atoms. The molecule has 116 valence electrons. The number of ether oxygens (including phenoxy) is 1. The van der Waals surface area contributed by atoms with E-state index in [-0.39, 0.29) is 23.8 Å². The van der Waals surface area contributed by atoms with Gasteiger partial charge in [-0.3, -0.25) is 0 Å². The zero-order valence-corrected chi connectivity index (χ0v) is 14.1. The predicted molar refractivity (Wildman–Crippen MR) is 83.2 cm³/mol. The summed E-state index contributed by atoms with van der Waals surface area (Å²) in [5, 5.41) is 0. The van der Waals surface area contributed by atoms with Gasteiger partial charge in [0.2, 0.25) is 10.0 Å². The van der Waals surface area contributed by atoms with E-state index >= 15 is 0 Å². The number of rotatable bonds is 5. The van der Waals surface area contributed by atoms with E-state index in [4.69, 9.17) is 10.5 Å². The van der Waals surface area contributed by atoms with Crippen LogP contribution in [0.15, 0.2) is 17.0 Å². The fourth-order valence-electron chi connectivity index (χ4n) is 1.74. The highest BCUT2D eigenvalue weighted by molar-refractivity contribution is 7.89. The maximum absolute atomic E-state index is 12.3. The smallest absolute Gasteiger partial charge is 0.244 e. The molecule has 0 aliphatic heterocycles. The van der Waals surface area contributed by atoms with Gasteiger partial charge in [0.1, 0.15) is 10.6 Å². The zero-order valence-electron chi connectivity index (χ0n) is 12.5. The molecule has 0 aromatic heterocycles. The molecule has 5 nitrogen and oxygen atoms in total. The van der Waals surface area contributed by atoms with Crippen LogP contribution >= 0.6 is 12.4 Å². The van der Waals surface area contributed by atoms with E-state index in [1.165, 1.54) is 7.11 Å². The molecule has 0 bridgehead atoms. The Bertz CT molecular complexity index is 566. The third kappa shape index (κ3) is 4.94. The topological polar surface area (TPSA) is 81.4 Å². The first-order chi connectivity index (χ1) is 8.57. The second kappa shape index (κ2) is 6.76. The number of hydrogen-bond donors (Lipinski definition) is 2. The Labute approximate surface area is 127 Å². The van der Waals surface area contributed by atoms with E-state index in [2.05, 4.69) is 4.72 Å². The summed E-state index contributed by atoms with van der Waals surface area (Å²) < 4.78 is 32.3. The van der Waals surface area contributed by atoms with Crippen molar-refractivity contribution in [2.24, 2.45) is 5.73 Å². The van der Waals surface area contributed by atoms with Gasteiger partial charge < -0.3 is 10.5 Å². The standard InChI is InChI=1S/C13H22N2O3S.ClH/c1-9-6-10(2)12(18-5)11(7-9)19(16,17)15-8-13(3,4)14;/h6-7,15H,8,14H2,1-5H3;1H. The summed E-state index contributed by atoms with van der Waals surface area (Å²) in [6.45, 7) is 7.34. The number of halogens is 1. The molecule has 0 saturated heterocycles. The number of aryl methyl sites for hydroxylation is 2. The highest BCUT2D eigenvalue weighted by Gasteiger charge is 2.23. The van der Waals surface area contributed by atoms with Crippen LogP contribution in [0.25, 0.3) is 0 Å². The molecule has 3 N–H and O–H groups in total. The van der Waals surface area contributed by atoms with Crippen molar-refractivity contribution in [1.82, 2.24) is 4.72 Å². The average molecular weight is 323 g/mol. The van der Waals surface area contributed by atoms with Crippen molar-refractivity contribution in [3.8, 4) is 5.75 Å². The molecule has 0 amide bonds. The first-order valence-corrected chi connectivity index (χ1v) is 7.49. The molecular formula is C13H23ClN2O3S. The summed E-state index contributed by atoms with van der Waals surface area (Å²) in [5.41, 5.74) is 6.83. The van der Waals surface area contributed by atoms with Gasteiger partial charge in [-0.05, 0) is 44.9 Å². The van der Waals surface area contributed by atoms with Gasteiger partial charge in [0.25, 0.3) is 0 Å². The minimum atomic E-state index is -3.64. The van der Waals surface area contributed by atoms with Crippen LogP contribution in [0.1, 0.15) is 25.0 Å². The van der Waals surface area contributed by atoms with Crippen molar-refractivity contribution >= 4 is 22.4 Å². The van der Waals surface area contributed by atoms with Gasteiger partial charge in [0, 0.05) is 12.1 Å². The summed E-state index contributed by atoms with van der Waals surface area (Å²) in [5.74, 6) is 0.368. The fraction of sp³-hybridized carbons (Fsp3) is 0.538. The van der Waals surface area contributed by atoms with Gasteiger partial charge in [-0.25, -0.2) is 13.1 Å². The molecule has 1 rings (SSSR count). The van der Waals surface area contributed by atoms with Crippen LogP contribution in [0.4, 0.5) is 0 Å². The molecule has 0 heterocycles. The Kier molecular flexibility index (Phi) is 6.48. The third-order valence-corrected chi connectivity index (χ3v) is 4.00. The number of sulfonamides is 1. The highest BCUT2D eigenvalue weighted by atomic mass is 35.5. The Morgan fingerprint density at radius 3 is 2.30 bits per heavy atom. The van der Waals surface area contributed by atoms with E-state index in [0.717, 1.165) is 11.1 Å². The van der Waals surface area contributed by atoms with Gasteiger partial charge >= 0.3 is 0 Å². The lowest BCUT2D eigenvalue weighted by Gasteiger charge is -2.20. The van der Waals surface area contributed by atoms with Crippen molar-refractivity contribution in [3.05, 3.63) is 23.3 Å². The summed E-state index contributed by atoms with van der Waals surface area (Å²) >= 11 is 0. The van der Waals surface area contributed by atoms with Gasteiger partial charge in [-0.15, -0.1) is 12.4 Å². The van der Waals surface area contributed by atoms with Crippen LogP contribution in [0, 0.1) is 13.8 Å². The summed E-state index contributed by atoms with van der Waals surface area (Å²) in [6.07, 6.45) is 0. The molecule has 0 fully saturated rings. The zero-order chi connectivity index (χ0) is 14.8. The van der Waals surface area contributed by atoms with Crippen molar-refractivity contribution in [3.63, 3.8) is 0 Å². The number of methoxy groups -OCH3 is 1. The van der Waals surface area contributed by atoms with Crippen molar-refractivity contribution < 1.29 is 13.2 Å². The van der Waals surface area contributed by atoms with Crippen molar-refractivity contribution in [2.45, 2.75) is 38.1 Å². The van der Waals surface area contributed by atoms with Gasteiger partial charge in [0.05, 0.1) is 7.11 Å². The normalized spacial score (nSPS) is 11.9. The summed E-state index contributed by atoms with van der Waals surface area (Å²) in [6, 6.07) is 3.47. The van der Waals surface area contributed by atoms with E-state index < -0.39 is 15.6 Å². The van der Waals surface area contributed by atoms with E-state index in [9.17, 15) is 8.42 Å². The first kappa shape index (κ1) is 19.2. The van der Waals surface area contributed by atoms with Crippen molar-refractivity contribution in [1.29, 1.82) is 0 Å². The largest absolute Gasteiger partial charge is 0.495 e. The molecule has 0 radical (unpaired) electrons. The SMILES string of the molecule is COc1c(C)cc(C)cc1S(=O)(=O)NCC(C)(C)N.Cl. The molecule has 0 atom stereocenters. The minimum absolute atomic E-state index is 0. The molecule has 0 saturated carbocycles. The van der Waals surface area contributed by atoms with Crippen LogP contribution in [0.3, 0.4) is 0 Å². The molecule has 1 aromatic carbocycles. The third-order valence-electron chi connectivity index (χ3n) is 2.60. The monoisotopic (exact) mass is 322 g/mol. The van der Waals surface area contributed by atoms with E-state index in [1.54, 1.807) is 19.9 Å². The number of nitrogens with two attached hydrogens (primary N) is 1. The summed E-state index contributed by atoms with van der Waals surface area (Å²) in [7, 11) is -2.17. The lowest BCUT2D eigenvalue weighted by molar-refractivity contribution is 0.398. The van der Waals surface area contributed by atoms with Gasteiger partial charge in [0.15, 0.2) is 0 Å². The second-order valence-electron chi connectivity index (χ2n) is 5.43. The maximum Gasteiger partial charge on any atom is 0.244 e. The molecule has 20 heavy (non-hydrogen) atoms. The molecule has 1 aromatic rings. The molecule has 0 aliphatic carbocycles. The van der Waals surface area contributed by atoms with E-state index in [1.807, 2.05) is 19.9 Å². The van der Waals surface area contributed by atoms with Crippen LogP contribution in [-0.2, 0) is 10.0 Å². The minimum Gasteiger partial charge on any atom is -0.495 e. The lowest BCUT2D eigenvalue weighted by atomic mass is 10.1. The van der Waals surface area contributed by atoms with Crippen LogP contribution in [0.5, 0.6) is 5.75 Å². The Balaban J connectivity index is 0.00000361. The Morgan fingerprint density at radius 1 is 1.30 bits per heavy atom. The molecule has 0 unspecified atom stereocenters. The fourth-order valence-corrected chi connectivity index (χ4v) is 3.28. The van der Waals surface area contributed by atoms with Crippen LogP contribution in [-0.4, -0.2) is 27.6 Å². The second-order valence-corrected chi connectivity index (χ2v) is 7.16. The van der Waals surface area contributed by atoms with Crippen LogP contribution in [0.2, 0.25) is 0 Å².